The van der Waals surface area contributed by atoms with Crippen molar-refractivity contribution < 1.29 is 13.5 Å². The van der Waals surface area contributed by atoms with Gasteiger partial charge in [0.2, 0.25) is 10.0 Å². The van der Waals surface area contributed by atoms with Crippen LogP contribution in [0.15, 0.2) is 34.1 Å². The van der Waals surface area contributed by atoms with Gasteiger partial charge in [-0.1, -0.05) is 0 Å². The first-order valence-corrected chi connectivity index (χ1v) is 8.69. The van der Waals surface area contributed by atoms with Crippen LogP contribution in [-0.4, -0.2) is 35.9 Å². The van der Waals surface area contributed by atoms with E-state index in [1.807, 2.05) is 0 Å². The third-order valence-electron chi connectivity index (χ3n) is 4.03. The molecule has 1 unspecified atom stereocenters. The largest absolute Gasteiger partial charge is 0.389 e. The highest BCUT2D eigenvalue weighted by Crippen LogP contribution is 2.23. The zero-order valence-corrected chi connectivity index (χ0v) is 13.1. The van der Waals surface area contributed by atoms with E-state index in [-0.39, 0.29) is 21.3 Å². The molecule has 6 nitrogen and oxygen atoms in total. The molecule has 22 heavy (non-hydrogen) atoms. The van der Waals surface area contributed by atoms with Crippen molar-refractivity contribution in [3.8, 4) is 0 Å². The van der Waals surface area contributed by atoms with Gasteiger partial charge in [-0.3, -0.25) is 4.79 Å². The third kappa shape index (κ3) is 2.45. The summed E-state index contributed by atoms with van der Waals surface area (Å²) in [5.41, 5.74) is 0.431. The van der Waals surface area contributed by atoms with Gasteiger partial charge in [-0.15, -0.1) is 0 Å². The Kier molecular flexibility index (Phi) is 3.80. The van der Waals surface area contributed by atoms with Crippen LogP contribution < -0.4 is 5.43 Å². The normalized spacial score (nSPS) is 17.9. The van der Waals surface area contributed by atoms with E-state index in [9.17, 15) is 18.3 Å². The summed E-state index contributed by atoms with van der Waals surface area (Å²) in [5.74, 6) is 0. The molecule has 1 aliphatic rings. The maximum Gasteiger partial charge on any atom is 0.243 e. The van der Waals surface area contributed by atoms with Crippen LogP contribution in [-0.2, 0) is 10.0 Å². The second kappa shape index (κ2) is 5.49. The average Bonchev–Trinajstić information content (AvgIpc) is 3.02. The molecule has 1 aromatic carbocycles. The van der Waals surface area contributed by atoms with E-state index in [1.165, 1.54) is 29.6 Å². The molecular weight excluding hydrogens is 304 g/mol. The Morgan fingerprint density at radius 2 is 1.95 bits per heavy atom. The van der Waals surface area contributed by atoms with Gasteiger partial charge in [-0.2, -0.15) is 4.31 Å². The Balaban J connectivity index is 2.17. The minimum Gasteiger partial charge on any atom is -0.389 e. The molecule has 0 aliphatic carbocycles. The van der Waals surface area contributed by atoms with Crippen molar-refractivity contribution in [2.75, 3.05) is 13.1 Å². The summed E-state index contributed by atoms with van der Waals surface area (Å²) < 4.78 is 26.6. The number of aromatic nitrogens is 1. The highest BCUT2D eigenvalue weighted by Gasteiger charge is 2.27. The third-order valence-corrected chi connectivity index (χ3v) is 5.93. The second-order valence-electron chi connectivity index (χ2n) is 5.57. The van der Waals surface area contributed by atoms with E-state index in [4.69, 9.17) is 0 Å². The number of H-pyrrole nitrogens is 1. The van der Waals surface area contributed by atoms with E-state index < -0.39 is 16.1 Å². The van der Waals surface area contributed by atoms with Crippen LogP contribution in [0.5, 0.6) is 0 Å². The monoisotopic (exact) mass is 322 g/mol. The van der Waals surface area contributed by atoms with Gasteiger partial charge in [0.1, 0.15) is 0 Å². The second-order valence-corrected chi connectivity index (χ2v) is 7.51. The topological polar surface area (TPSA) is 90.5 Å². The van der Waals surface area contributed by atoms with Crippen LogP contribution in [0.2, 0.25) is 0 Å². The minimum absolute atomic E-state index is 0.121. The number of hydrogen-bond acceptors (Lipinski definition) is 4. The molecule has 1 atom stereocenters. The van der Waals surface area contributed by atoms with Gasteiger partial charge in [-0.05, 0) is 38.0 Å². The maximum absolute atomic E-state index is 12.6. The number of fused-ring (bicyclic) bond motifs is 1. The summed E-state index contributed by atoms with van der Waals surface area (Å²) in [6.07, 6.45) is 2.27. The number of pyridine rings is 1. The Morgan fingerprint density at radius 1 is 1.27 bits per heavy atom. The maximum atomic E-state index is 12.6. The number of aliphatic hydroxyl groups is 1. The molecule has 2 aromatic rings. The fourth-order valence-electron chi connectivity index (χ4n) is 2.76. The number of benzene rings is 1. The van der Waals surface area contributed by atoms with Gasteiger partial charge in [0, 0.05) is 35.8 Å². The summed E-state index contributed by atoms with van der Waals surface area (Å²) >= 11 is 0. The van der Waals surface area contributed by atoms with E-state index in [1.54, 1.807) is 6.07 Å². The molecule has 2 N–H and O–H groups in total. The Morgan fingerprint density at radius 3 is 2.59 bits per heavy atom. The smallest absolute Gasteiger partial charge is 0.243 e. The molecule has 3 rings (SSSR count). The van der Waals surface area contributed by atoms with E-state index in [2.05, 4.69) is 4.98 Å². The highest BCUT2D eigenvalue weighted by atomic mass is 32.2. The van der Waals surface area contributed by atoms with Crippen LogP contribution in [0.3, 0.4) is 0 Å². The van der Waals surface area contributed by atoms with Crippen LogP contribution in [0.4, 0.5) is 0 Å². The molecule has 0 amide bonds. The van der Waals surface area contributed by atoms with E-state index >= 15 is 0 Å². The average molecular weight is 322 g/mol. The van der Waals surface area contributed by atoms with Gasteiger partial charge < -0.3 is 10.1 Å². The van der Waals surface area contributed by atoms with E-state index in [0.717, 1.165) is 12.8 Å². The molecule has 0 radical (unpaired) electrons. The molecule has 118 valence electrons. The van der Waals surface area contributed by atoms with Crippen LogP contribution in [0.1, 0.15) is 31.4 Å². The number of aromatic amines is 1. The SMILES string of the molecule is CC(O)c1c[nH]c2ccc(S(=O)(=O)N3CCCC3)cc2c1=O. The van der Waals surface area contributed by atoms with Crippen molar-refractivity contribution in [1.82, 2.24) is 9.29 Å². The van der Waals surface area contributed by atoms with Crippen LogP contribution >= 0.6 is 0 Å². The lowest BCUT2D eigenvalue weighted by Gasteiger charge is -2.16. The number of aliphatic hydroxyl groups excluding tert-OH is 1. The molecule has 1 aliphatic heterocycles. The molecule has 7 heteroatoms. The van der Waals surface area contributed by atoms with E-state index in [0.29, 0.717) is 18.6 Å². The molecule has 1 aromatic heterocycles. The summed E-state index contributed by atoms with van der Waals surface area (Å²) in [7, 11) is -3.56. The predicted molar refractivity (Wildman–Crippen MR) is 83.2 cm³/mol. The molecule has 2 heterocycles. The lowest BCUT2D eigenvalue weighted by molar-refractivity contribution is 0.198. The zero-order valence-electron chi connectivity index (χ0n) is 12.2. The number of nitrogens with one attached hydrogen (secondary N) is 1. The van der Waals surface area contributed by atoms with Crippen molar-refractivity contribution in [2.45, 2.75) is 30.8 Å². The zero-order chi connectivity index (χ0) is 15.9. The number of nitrogens with zero attached hydrogens (tertiary/aromatic N) is 1. The van der Waals surface area contributed by atoms with Crippen molar-refractivity contribution in [3.63, 3.8) is 0 Å². The van der Waals surface area contributed by atoms with Crippen molar-refractivity contribution in [3.05, 3.63) is 40.2 Å². The molecule has 0 bridgehead atoms. The first kappa shape index (κ1) is 15.2. The Labute approximate surface area is 128 Å². The molecule has 1 fully saturated rings. The van der Waals surface area contributed by atoms with Gasteiger partial charge >= 0.3 is 0 Å². The summed E-state index contributed by atoms with van der Waals surface area (Å²) in [6, 6.07) is 4.49. The molecule has 0 spiro atoms. The summed E-state index contributed by atoms with van der Waals surface area (Å²) in [6.45, 7) is 2.54. The first-order chi connectivity index (χ1) is 10.4. The number of rotatable bonds is 3. The van der Waals surface area contributed by atoms with Crippen LogP contribution in [0.25, 0.3) is 10.9 Å². The van der Waals surface area contributed by atoms with Gasteiger partial charge in [0.05, 0.1) is 11.0 Å². The number of hydrogen-bond donors (Lipinski definition) is 2. The number of sulfonamides is 1. The minimum atomic E-state index is -3.56. The fraction of sp³-hybridized carbons (Fsp3) is 0.400. The summed E-state index contributed by atoms with van der Waals surface area (Å²) in [4.78, 5) is 15.4. The van der Waals surface area contributed by atoms with Gasteiger partial charge in [0.15, 0.2) is 5.43 Å². The Hall–Kier alpha value is -1.70. The quantitative estimate of drug-likeness (QED) is 0.893. The van der Waals surface area contributed by atoms with Crippen molar-refractivity contribution in [2.24, 2.45) is 0 Å². The Bertz CT molecular complexity index is 865. The van der Waals surface area contributed by atoms with Crippen molar-refractivity contribution in [1.29, 1.82) is 0 Å². The van der Waals surface area contributed by atoms with Gasteiger partial charge in [0.25, 0.3) is 0 Å². The van der Waals surface area contributed by atoms with Crippen LogP contribution in [0, 0.1) is 0 Å². The lowest BCUT2D eigenvalue weighted by Crippen LogP contribution is -2.28. The lowest BCUT2D eigenvalue weighted by atomic mass is 10.1. The summed E-state index contributed by atoms with van der Waals surface area (Å²) in [5, 5.41) is 9.90. The van der Waals surface area contributed by atoms with Crippen molar-refractivity contribution >= 4 is 20.9 Å². The molecule has 0 saturated carbocycles. The first-order valence-electron chi connectivity index (χ1n) is 7.25. The molecule has 1 saturated heterocycles. The predicted octanol–water partition coefficient (Wildman–Crippen LogP) is 1.37. The highest BCUT2D eigenvalue weighted by molar-refractivity contribution is 7.89. The molecular formula is C15H18N2O4S. The van der Waals surface area contributed by atoms with Gasteiger partial charge in [-0.25, -0.2) is 8.42 Å². The standard InChI is InChI=1S/C15H18N2O4S/c1-10(18)13-9-16-14-5-4-11(8-12(14)15(13)19)22(20,21)17-6-2-3-7-17/h4-5,8-10,18H,2-3,6-7H2,1H3,(H,16,19). The fourth-order valence-corrected chi connectivity index (χ4v) is 4.31.